The summed E-state index contributed by atoms with van der Waals surface area (Å²) in [7, 11) is 0. The molecule has 0 aliphatic rings. The zero-order valence-corrected chi connectivity index (χ0v) is 12.7. The monoisotopic (exact) mass is 283 g/mol. The Kier molecular flexibility index (Phi) is 6.62. The van der Waals surface area contributed by atoms with Gasteiger partial charge in [0, 0.05) is 18.0 Å². The molecule has 106 valence electrons. The number of aromatic nitrogens is 2. The van der Waals surface area contributed by atoms with Gasteiger partial charge in [0.2, 0.25) is 5.95 Å². The van der Waals surface area contributed by atoms with Crippen LogP contribution in [0.2, 0.25) is 0 Å². The van der Waals surface area contributed by atoms with Crippen LogP contribution in [0.5, 0.6) is 0 Å². The number of aryl methyl sites for hydroxylation is 1. The third-order valence-electron chi connectivity index (χ3n) is 2.71. The number of carbonyl (C=O) groups is 1. The molecule has 0 saturated carbocycles. The average molecular weight is 283 g/mol. The largest absolute Gasteiger partial charge is 0.462 e. The number of anilines is 1. The van der Waals surface area contributed by atoms with E-state index in [1.807, 2.05) is 11.8 Å². The molecule has 5 nitrogen and oxygen atoms in total. The van der Waals surface area contributed by atoms with Gasteiger partial charge >= 0.3 is 5.97 Å². The molecule has 0 aliphatic heterocycles. The Labute approximate surface area is 118 Å². The number of hydrogen-bond acceptors (Lipinski definition) is 6. The molecular formula is C13H21N3O2S. The molecule has 0 bridgehead atoms. The van der Waals surface area contributed by atoms with Crippen molar-refractivity contribution in [2.24, 2.45) is 0 Å². The summed E-state index contributed by atoms with van der Waals surface area (Å²) in [6.07, 6.45) is 4.66. The number of rotatable bonds is 7. The van der Waals surface area contributed by atoms with Crippen LogP contribution in [0.3, 0.4) is 0 Å². The van der Waals surface area contributed by atoms with Crippen molar-refractivity contribution < 1.29 is 9.53 Å². The van der Waals surface area contributed by atoms with Crippen molar-refractivity contribution in [1.29, 1.82) is 0 Å². The van der Waals surface area contributed by atoms with Crippen molar-refractivity contribution >= 4 is 23.7 Å². The summed E-state index contributed by atoms with van der Waals surface area (Å²) < 4.78 is 4.93. The van der Waals surface area contributed by atoms with Crippen LogP contribution in [0.1, 0.15) is 36.3 Å². The van der Waals surface area contributed by atoms with E-state index in [1.165, 1.54) is 6.20 Å². The van der Waals surface area contributed by atoms with Gasteiger partial charge < -0.3 is 10.1 Å². The molecule has 1 heterocycles. The van der Waals surface area contributed by atoms with Crippen LogP contribution < -0.4 is 5.32 Å². The van der Waals surface area contributed by atoms with E-state index in [1.54, 1.807) is 13.8 Å². The van der Waals surface area contributed by atoms with E-state index in [0.29, 0.717) is 29.1 Å². The number of nitrogens with zero attached hydrogens (tertiary/aromatic N) is 2. The van der Waals surface area contributed by atoms with Gasteiger partial charge in [-0.25, -0.2) is 14.8 Å². The predicted molar refractivity (Wildman–Crippen MR) is 78.8 cm³/mol. The lowest BCUT2D eigenvalue weighted by molar-refractivity contribution is 0.0524. The number of carbonyl (C=O) groups excluding carboxylic acids is 1. The van der Waals surface area contributed by atoms with Gasteiger partial charge in [-0.3, -0.25) is 0 Å². The highest BCUT2D eigenvalue weighted by Gasteiger charge is 2.12. The molecule has 1 aromatic rings. The second-order valence-corrected chi connectivity index (χ2v) is 5.45. The molecule has 0 saturated heterocycles. The normalized spacial score (nSPS) is 12.0. The highest BCUT2D eigenvalue weighted by atomic mass is 32.2. The maximum atomic E-state index is 11.6. The number of thioether (sulfide) groups is 1. The SMILES string of the molecule is CCOC(=O)c1cnc(NCCC(C)SC)nc1C. The topological polar surface area (TPSA) is 64.1 Å². The maximum absolute atomic E-state index is 11.6. The van der Waals surface area contributed by atoms with Gasteiger partial charge in [-0.05, 0) is 26.5 Å². The number of nitrogens with one attached hydrogen (secondary N) is 1. The van der Waals surface area contributed by atoms with Gasteiger partial charge in [-0.15, -0.1) is 0 Å². The molecule has 0 fully saturated rings. The molecule has 1 unspecified atom stereocenters. The summed E-state index contributed by atoms with van der Waals surface area (Å²) in [5.41, 5.74) is 1.05. The minimum Gasteiger partial charge on any atom is -0.462 e. The minimum atomic E-state index is -0.373. The van der Waals surface area contributed by atoms with E-state index >= 15 is 0 Å². The van der Waals surface area contributed by atoms with Crippen LogP contribution in [0.4, 0.5) is 5.95 Å². The fraction of sp³-hybridized carbons (Fsp3) is 0.615. The van der Waals surface area contributed by atoms with Gasteiger partial charge in [-0.1, -0.05) is 6.92 Å². The highest BCUT2D eigenvalue weighted by Crippen LogP contribution is 2.11. The van der Waals surface area contributed by atoms with Crippen molar-refractivity contribution in [1.82, 2.24) is 9.97 Å². The van der Waals surface area contributed by atoms with Gasteiger partial charge in [0.15, 0.2) is 0 Å². The fourth-order valence-corrected chi connectivity index (χ4v) is 1.82. The first kappa shape index (κ1) is 15.8. The molecule has 0 aliphatic carbocycles. The van der Waals surface area contributed by atoms with Crippen LogP contribution in [0.25, 0.3) is 0 Å². The van der Waals surface area contributed by atoms with E-state index in [0.717, 1.165) is 13.0 Å². The predicted octanol–water partition coefficient (Wildman–Crippen LogP) is 2.52. The van der Waals surface area contributed by atoms with E-state index in [2.05, 4.69) is 28.5 Å². The third-order valence-corrected chi connectivity index (χ3v) is 3.75. The molecular weight excluding hydrogens is 262 g/mol. The Morgan fingerprint density at radius 2 is 2.32 bits per heavy atom. The van der Waals surface area contributed by atoms with Gasteiger partial charge in [0.05, 0.1) is 17.9 Å². The Bertz CT molecular complexity index is 426. The van der Waals surface area contributed by atoms with Crippen molar-refractivity contribution in [3.8, 4) is 0 Å². The zero-order chi connectivity index (χ0) is 14.3. The summed E-state index contributed by atoms with van der Waals surface area (Å²) in [5.74, 6) is 0.182. The minimum absolute atomic E-state index is 0.352. The van der Waals surface area contributed by atoms with E-state index in [-0.39, 0.29) is 5.97 Å². The maximum Gasteiger partial charge on any atom is 0.341 e. The average Bonchev–Trinajstić information content (AvgIpc) is 2.38. The molecule has 1 atom stereocenters. The molecule has 19 heavy (non-hydrogen) atoms. The second kappa shape index (κ2) is 7.99. The molecule has 1 aromatic heterocycles. The van der Waals surface area contributed by atoms with Crippen LogP contribution in [-0.2, 0) is 4.74 Å². The fourth-order valence-electron chi connectivity index (χ4n) is 1.47. The third kappa shape index (κ3) is 5.06. The number of ether oxygens (including phenoxy) is 1. The van der Waals surface area contributed by atoms with Crippen LogP contribution in [-0.4, -0.2) is 40.6 Å². The highest BCUT2D eigenvalue weighted by molar-refractivity contribution is 7.99. The summed E-state index contributed by atoms with van der Waals surface area (Å²) >= 11 is 1.83. The zero-order valence-electron chi connectivity index (χ0n) is 11.9. The van der Waals surface area contributed by atoms with Crippen LogP contribution in [0.15, 0.2) is 6.20 Å². The summed E-state index contributed by atoms with van der Waals surface area (Å²) in [6.45, 7) is 6.91. The van der Waals surface area contributed by atoms with Crippen molar-refractivity contribution in [3.05, 3.63) is 17.5 Å². The van der Waals surface area contributed by atoms with E-state index in [9.17, 15) is 4.79 Å². The summed E-state index contributed by atoms with van der Waals surface area (Å²) in [6, 6.07) is 0. The van der Waals surface area contributed by atoms with Gasteiger partial charge in [-0.2, -0.15) is 11.8 Å². The molecule has 6 heteroatoms. The second-order valence-electron chi connectivity index (χ2n) is 4.17. The Balaban J connectivity index is 2.59. The van der Waals surface area contributed by atoms with Gasteiger partial charge in [0.1, 0.15) is 0 Å². The van der Waals surface area contributed by atoms with E-state index in [4.69, 9.17) is 4.74 Å². The first-order valence-corrected chi connectivity index (χ1v) is 7.64. The molecule has 1 rings (SSSR count). The molecule has 0 radical (unpaired) electrons. The lowest BCUT2D eigenvalue weighted by Crippen LogP contribution is -2.13. The van der Waals surface area contributed by atoms with E-state index < -0.39 is 0 Å². The Hall–Kier alpha value is -1.30. The molecule has 0 aromatic carbocycles. The van der Waals surface area contributed by atoms with Crippen molar-refractivity contribution in [2.45, 2.75) is 32.4 Å². The molecule has 1 N–H and O–H groups in total. The molecule has 0 spiro atoms. The standard InChI is InChI=1S/C13H21N3O2S/c1-5-18-12(17)11-8-15-13(16-10(11)3)14-7-6-9(2)19-4/h8-9H,5-7H2,1-4H3,(H,14,15,16). The molecule has 0 amide bonds. The Morgan fingerprint density at radius 3 is 2.89 bits per heavy atom. The van der Waals surface area contributed by atoms with Crippen molar-refractivity contribution in [3.63, 3.8) is 0 Å². The smallest absolute Gasteiger partial charge is 0.341 e. The Morgan fingerprint density at radius 1 is 1.58 bits per heavy atom. The van der Waals surface area contributed by atoms with Gasteiger partial charge in [0.25, 0.3) is 0 Å². The number of esters is 1. The number of hydrogen-bond donors (Lipinski definition) is 1. The first-order chi connectivity index (χ1) is 9.08. The summed E-state index contributed by atoms with van der Waals surface area (Å²) in [5, 5.41) is 3.77. The van der Waals surface area contributed by atoms with Crippen LogP contribution in [0, 0.1) is 6.92 Å². The summed E-state index contributed by atoms with van der Waals surface area (Å²) in [4.78, 5) is 20.0. The van der Waals surface area contributed by atoms with Crippen molar-refractivity contribution in [2.75, 3.05) is 24.7 Å². The lowest BCUT2D eigenvalue weighted by Gasteiger charge is -2.10. The van der Waals surface area contributed by atoms with Crippen LogP contribution >= 0.6 is 11.8 Å². The lowest BCUT2D eigenvalue weighted by atomic mass is 10.2. The quantitative estimate of drug-likeness (QED) is 0.776. The first-order valence-electron chi connectivity index (χ1n) is 6.35.